The standard InChI is InChI=1S/C16H17NO4/c1-21-12-6-4-11(5-7-12)17-15(18)13-9-2-3-10(8-9)14(13)16(19)20/h2-7,9-10,13-14H,8H2,1H3,(H,17,18)(H,19,20)/p-1/t9-,10-,13+,14-/m0/s1. The maximum Gasteiger partial charge on any atom is 0.228 e. The van der Waals surface area contributed by atoms with Gasteiger partial charge in [0, 0.05) is 17.6 Å². The van der Waals surface area contributed by atoms with Gasteiger partial charge in [0.15, 0.2) is 0 Å². The molecule has 0 radical (unpaired) electrons. The van der Waals surface area contributed by atoms with Crippen molar-refractivity contribution in [3.05, 3.63) is 36.4 Å². The summed E-state index contributed by atoms with van der Waals surface area (Å²) in [6.07, 6.45) is 4.56. The molecule has 2 aliphatic carbocycles. The number of ether oxygens (including phenoxy) is 1. The molecule has 2 bridgehead atoms. The highest BCUT2D eigenvalue weighted by Gasteiger charge is 2.48. The molecule has 0 saturated heterocycles. The van der Waals surface area contributed by atoms with E-state index in [0.717, 1.165) is 6.42 Å². The maximum absolute atomic E-state index is 12.4. The van der Waals surface area contributed by atoms with Crippen molar-refractivity contribution in [1.82, 2.24) is 0 Å². The third-order valence-electron chi connectivity index (χ3n) is 4.39. The van der Waals surface area contributed by atoms with Crippen LogP contribution in [0, 0.1) is 23.7 Å². The van der Waals surface area contributed by atoms with Crippen LogP contribution in [0.15, 0.2) is 36.4 Å². The molecule has 110 valence electrons. The molecule has 0 aliphatic heterocycles. The number of carbonyl (C=O) groups excluding carboxylic acids is 2. The van der Waals surface area contributed by atoms with Crippen LogP contribution in [0.4, 0.5) is 5.69 Å². The maximum atomic E-state index is 12.4. The Hall–Kier alpha value is -2.30. The van der Waals surface area contributed by atoms with Gasteiger partial charge in [-0.1, -0.05) is 12.2 Å². The van der Waals surface area contributed by atoms with Crippen molar-refractivity contribution >= 4 is 17.6 Å². The van der Waals surface area contributed by atoms with Gasteiger partial charge in [0.25, 0.3) is 0 Å². The zero-order valence-electron chi connectivity index (χ0n) is 11.6. The van der Waals surface area contributed by atoms with Gasteiger partial charge in [-0.25, -0.2) is 0 Å². The van der Waals surface area contributed by atoms with E-state index in [1.807, 2.05) is 12.2 Å². The average Bonchev–Trinajstić information content (AvgIpc) is 3.08. The summed E-state index contributed by atoms with van der Waals surface area (Å²) < 4.78 is 5.05. The second kappa shape index (κ2) is 5.24. The van der Waals surface area contributed by atoms with Gasteiger partial charge < -0.3 is 20.0 Å². The van der Waals surface area contributed by atoms with Crippen molar-refractivity contribution in [3.63, 3.8) is 0 Å². The van der Waals surface area contributed by atoms with E-state index in [4.69, 9.17) is 4.74 Å². The Labute approximate surface area is 122 Å². The van der Waals surface area contributed by atoms with E-state index in [9.17, 15) is 14.7 Å². The van der Waals surface area contributed by atoms with E-state index in [-0.39, 0.29) is 17.7 Å². The molecule has 0 spiro atoms. The van der Waals surface area contributed by atoms with Gasteiger partial charge in [-0.15, -0.1) is 0 Å². The lowest BCUT2D eigenvalue weighted by Gasteiger charge is -2.27. The minimum Gasteiger partial charge on any atom is -0.550 e. The predicted molar refractivity (Wildman–Crippen MR) is 74.3 cm³/mol. The number of benzene rings is 1. The van der Waals surface area contributed by atoms with E-state index < -0.39 is 17.8 Å². The molecule has 0 heterocycles. The summed E-state index contributed by atoms with van der Waals surface area (Å²) in [6, 6.07) is 6.95. The molecule has 2 aliphatic rings. The number of hydrogen-bond donors (Lipinski definition) is 1. The molecule has 3 rings (SSSR count). The number of methoxy groups -OCH3 is 1. The van der Waals surface area contributed by atoms with Crippen molar-refractivity contribution in [3.8, 4) is 5.75 Å². The molecule has 0 unspecified atom stereocenters. The van der Waals surface area contributed by atoms with Crippen LogP contribution in [0.25, 0.3) is 0 Å². The van der Waals surface area contributed by atoms with Crippen LogP contribution >= 0.6 is 0 Å². The smallest absolute Gasteiger partial charge is 0.228 e. The molecule has 5 nitrogen and oxygen atoms in total. The van der Waals surface area contributed by atoms with E-state index >= 15 is 0 Å². The summed E-state index contributed by atoms with van der Waals surface area (Å²) in [5, 5.41) is 14.1. The first-order chi connectivity index (χ1) is 10.1. The van der Waals surface area contributed by atoms with E-state index in [1.165, 1.54) is 0 Å². The Morgan fingerprint density at radius 1 is 1.14 bits per heavy atom. The molecule has 1 aromatic carbocycles. The number of rotatable bonds is 4. The van der Waals surface area contributed by atoms with Crippen molar-refractivity contribution in [1.29, 1.82) is 0 Å². The first-order valence-electron chi connectivity index (χ1n) is 6.94. The lowest BCUT2D eigenvalue weighted by molar-refractivity contribution is -0.313. The third kappa shape index (κ3) is 2.39. The Morgan fingerprint density at radius 2 is 1.76 bits per heavy atom. The molecule has 1 saturated carbocycles. The van der Waals surface area contributed by atoms with Crippen LogP contribution in [0.3, 0.4) is 0 Å². The van der Waals surface area contributed by atoms with Crippen molar-refractivity contribution < 1.29 is 19.4 Å². The SMILES string of the molecule is COc1ccc(NC(=O)[C@H]2[C@@H](C(=O)[O-])[C@H]3C=C[C@H]2C3)cc1. The normalized spacial score (nSPS) is 29.4. The lowest BCUT2D eigenvalue weighted by Crippen LogP contribution is -2.42. The molecule has 1 fully saturated rings. The molecule has 4 atom stereocenters. The van der Waals surface area contributed by atoms with Gasteiger partial charge in [-0.05, 0) is 42.5 Å². The highest BCUT2D eigenvalue weighted by atomic mass is 16.5. The Balaban J connectivity index is 1.75. The van der Waals surface area contributed by atoms with Crippen LogP contribution in [-0.2, 0) is 9.59 Å². The Kier molecular flexibility index (Phi) is 3.41. The number of carboxylic acid groups (broad SMARTS) is 1. The topological polar surface area (TPSA) is 78.5 Å². The lowest BCUT2D eigenvalue weighted by atomic mass is 9.82. The summed E-state index contributed by atoms with van der Waals surface area (Å²) in [6.45, 7) is 0. The monoisotopic (exact) mass is 286 g/mol. The Bertz CT molecular complexity index is 593. The second-order valence-corrected chi connectivity index (χ2v) is 5.54. The summed E-state index contributed by atoms with van der Waals surface area (Å²) in [4.78, 5) is 23.7. The zero-order valence-corrected chi connectivity index (χ0v) is 11.6. The third-order valence-corrected chi connectivity index (χ3v) is 4.39. The highest BCUT2D eigenvalue weighted by molar-refractivity contribution is 5.96. The number of nitrogens with one attached hydrogen (secondary N) is 1. The molecule has 1 amide bonds. The van der Waals surface area contributed by atoms with Crippen molar-refractivity contribution in [2.75, 3.05) is 12.4 Å². The fraction of sp³-hybridized carbons (Fsp3) is 0.375. The van der Waals surface area contributed by atoms with Crippen LogP contribution in [-0.4, -0.2) is 19.0 Å². The zero-order chi connectivity index (χ0) is 15.0. The van der Waals surface area contributed by atoms with Gasteiger partial charge in [0.05, 0.1) is 13.0 Å². The molecular formula is C16H16NO4-. The summed E-state index contributed by atoms with van der Waals surface area (Å²) in [5.41, 5.74) is 0.629. The predicted octanol–water partition coefficient (Wildman–Crippen LogP) is 0.822. The number of allylic oxidation sites excluding steroid dienone is 2. The number of carbonyl (C=O) groups is 2. The highest BCUT2D eigenvalue weighted by Crippen LogP contribution is 2.48. The van der Waals surface area contributed by atoms with Gasteiger partial charge in [0.2, 0.25) is 5.91 Å². The molecular weight excluding hydrogens is 270 g/mol. The minimum absolute atomic E-state index is 0.00357. The van der Waals surface area contributed by atoms with E-state index in [0.29, 0.717) is 11.4 Å². The van der Waals surface area contributed by atoms with Crippen LogP contribution in [0.5, 0.6) is 5.75 Å². The van der Waals surface area contributed by atoms with Crippen molar-refractivity contribution in [2.24, 2.45) is 23.7 Å². The number of aliphatic carboxylic acids is 1. The molecule has 1 aromatic rings. The fourth-order valence-corrected chi connectivity index (χ4v) is 3.40. The van der Waals surface area contributed by atoms with Crippen molar-refractivity contribution in [2.45, 2.75) is 6.42 Å². The largest absolute Gasteiger partial charge is 0.550 e. The fourth-order valence-electron chi connectivity index (χ4n) is 3.40. The number of anilines is 1. The average molecular weight is 286 g/mol. The first-order valence-corrected chi connectivity index (χ1v) is 6.94. The Morgan fingerprint density at radius 3 is 2.33 bits per heavy atom. The number of fused-ring (bicyclic) bond motifs is 2. The van der Waals surface area contributed by atoms with Crippen LogP contribution in [0.1, 0.15) is 6.42 Å². The molecule has 0 aromatic heterocycles. The second-order valence-electron chi connectivity index (χ2n) is 5.54. The van der Waals surface area contributed by atoms with Crippen LogP contribution in [0.2, 0.25) is 0 Å². The minimum atomic E-state index is -1.14. The summed E-state index contributed by atoms with van der Waals surface area (Å²) in [5.74, 6) is -2.05. The van der Waals surface area contributed by atoms with Crippen LogP contribution < -0.4 is 15.2 Å². The quantitative estimate of drug-likeness (QED) is 0.831. The first kappa shape index (κ1) is 13.7. The summed E-state index contributed by atoms with van der Waals surface area (Å²) >= 11 is 0. The van der Waals surface area contributed by atoms with Gasteiger partial charge in [-0.2, -0.15) is 0 Å². The van der Waals surface area contributed by atoms with Gasteiger partial charge in [-0.3, -0.25) is 4.79 Å². The summed E-state index contributed by atoms with van der Waals surface area (Å²) in [7, 11) is 1.57. The molecule has 1 N–H and O–H groups in total. The number of amides is 1. The van der Waals surface area contributed by atoms with Gasteiger partial charge in [0.1, 0.15) is 5.75 Å². The molecule has 5 heteroatoms. The van der Waals surface area contributed by atoms with E-state index in [2.05, 4.69) is 5.32 Å². The van der Waals surface area contributed by atoms with Gasteiger partial charge >= 0.3 is 0 Å². The number of hydrogen-bond acceptors (Lipinski definition) is 4. The van der Waals surface area contributed by atoms with E-state index in [1.54, 1.807) is 31.4 Å². The molecule has 21 heavy (non-hydrogen) atoms. The number of carboxylic acids is 1.